The van der Waals surface area contributed by atoms with Gasteiger partial charge in [0.15, 0.2) is 0 Å². The first-order chi connectivity index (χ1) is 11.3. The van der Waals surface area contributed by atoms with Crippen LogP contribution in [0, 0.1) is 0 Å². The van der Waals surface area contributed by atoms with Crippen molar-refractivity contribution in [1.82, 2.24) is 5.01 Å². The Morgan fingerprint density at radius 2 is 1.04 bits per heavy atom. The molecule has 0 bridgehead atoms. The quantitative estimate of drug-likeness (QED) is 0.662. The van der Waals surface area contributed by atoms with Crippen LogP contribution >= 0.6 is 0 Å². The van der Waals surface area contributed by atoms with Gasteiger partial charge in [-0.05, 0) is 36.4 Å². The van der Waals surface area contributed by atoms with Crippen LogP contribution in [0.25, 0.3) is 0 Å². The van der Waals surface area contributed by atoms with Crippen molar-refractivity contribution >= 4 is 17.3 Å². The van der Waals surface area contributed by atoms with Crippen molar-refractivity contribution in [3.8, 4) is 0 Å². The number of benzene rings is 3. The van der Waals surface area contributed by atoms with Gasteiger partial charge >= 0.3 is 0 Å². The Labute approximate surface area is 136 Å². The van der Waals surface area contributed by atoms with Gasteiger partial charge in [0.05, 0.1) is 11.4 Å². The normalized spacial score (nSPS) is 10.1. The zero-order valence-corrected chi connectivity index (χ0v) is 13.0. The van der Waals surface area contributed by atoms with E-state index in [9.17, 15) is 4.79 Å². The summed E-state index contributed by atoms with van der Waals surface area (Å²) < 4.78 is 0. The molecule has 3 rings (SSSR count). The number of hydrazine groups is 1. The average Bonchev–Trinajstić information content (AvgIpc) is 2.64. The predicted molar refractivity (Wildman–Crippen MR) is 93.6 cm³/mol. The molecule has 0 atom stereocenters. The third-order valence-corrected chi connectivity index (χ3v) is 3.62. The number of anilines is 2. The molecule has 0 aliphatic rings. The zero-order valence-electron chi connectivity index (χ0n) is 13.0. The number of carbonyl (C=O) groups excluding carboxylic acids is 1. The average molecular weight is 302 g/mol. The minimum Gasteiger partial charge on any atom is -0.267 e. The van der Waals surface area contributed by atoms with Gasteiger partial charge in [0.25, 0.3) is 5.91 Å². The molecule has 0 radical (unpaired) electrons. The highest BCUT2D eigenvalue weighted by Gasteiger charge is 2.20. The smallest absolute Gasteiger partial charge is 0.267 e. The topological polar surface area (TPSA) is 23.6 Å². The summed E-state index contributed by atoms with van der Waals surface area (Å²) in [5, 5.41) is 3.55. The molecule has 0 fully saturated rings. The predicted octanol–water partition coefficient (Wildman–Crippen LogP) is 4.51. The fourth-order valence-electron chi connectivity index (χ4n) is 2.49. The van der Waals surface area contributed by atoms with Crippen LogP contribution in [0.4, 0.5) is 11.4 Å². The highest BCUT2D eigenvalue weighted by Crippen LogP contribution is 2.27. The molecule has 0 spiro atoms. The van der Waals surface area contributed by atoms with Crippen LogP contribution in [0.2, 0.25) is 0 Å². The highest BCUT2D eigenvalue weighted by molar-refractivity contribution is 5.95. The summed E-state index contributed by atoms with van der Waals surface area (Å²) in [7, 11) is 1.79. The van der Waals surface area contributed by atoms with Gasteiger partial charge in [0, 0.05) is 12.6 Å². The number of para-hydroxylation sites is 2. The largest absolute Gasteiger partial charge is 0.272 e. The van der Waals surface area contributed by atoms with Gasteiger partial charge in [0.2, 0.25) is 0 Å². The summed E-state index contributed by atoms with van der Waals surface area (Å²) in [5.41, 5.74) is 2.53. The number of rotatable bonds is 4. The fourth-order valence-corrected chi connectivity index (χ4v) is 2.49. The van der Waals surface area contributed by atoms with Gasteiger partial charge in [-0.2, -0.15) is 0 Å². The van der Waals surface area contributed by atoms with E-state index < -0.39 is 0 Å². The van der Waals surface area contributed by atoms with E-state index >= 15 is 0 Å². The minimum absolute atomic E-state index is 0.0571. The molecule has 0 N–H and O–H groups in total. The second kappa shape index (κ2) is 6.79. The van der Waals surface area contributed by atoms with E-state index in [0.717, 1.165) is 11.4 Å². The second-order valence-corrected chi connectivity index (χ2v) is 5.18. The van der Waals surface area contributed by atoms with E-state index in [2.05, 4.69) is 0 Å². The maximum atomic E-state index is 12.8. The number of carbonyl (C=O) groups is 1. The molecule has 0 aliphatic carbocycles. The lowest BCUT2D eigenvalue weighted by atomic mass is 10.2. The summed E-state index contributed by atoms with van der Waals surface area (Å²) in [4.78, 5) is 12.8. The van der Waals surface area contributed by atoms with Gasteiger partial charge < -0.3 is 0 Å². The number of hydrogen-bond donors (Lipinski definition) is 0. The lowest BCUT2D eigenvalue weighted by molar-refractivity contribution is 0.0795. The third kappa shape index (κ3) is 3.24. The molecule has 3 aromatic carbocycles. The Hall–Kier alpha value is -3.07. The molecule has 23 heavy (non-hydrogen) atoms. The molecule has 3 nitrogen and oxygen atoms in total. The minimum atomic E-state index is -0.0571. The summed E-state index contributed by atoms with van der Waals surface area (Å²) >= 11 is 0. The van der Waals surface area contributed by atoms with Gasteiger partial charge in [-0.3, -0.25) is 9.80 Å². The number of amides is 1. The molecule has 0 aliphatic heterocycles. The second-order valence-electron chi connectivity index (χ2n) is 5.18. The Balaban J connectivity index is 2.00. The highest BCUT2D eigenvalue weighted by atomic mass is 16.2. The van der Waals surface area contributed by atoms with E-state index in [1.54, 1.807) is 12.1 Å². The van der Waals surface area contributed by atoms with Gasteiger partial charge in [-0.15, -0.1) is 0 Å². The third-order valence-electron chi connectivity index (χ3n) is 3.62. The molecule has 0 saturated heterocycles. The SMILES string of the molecule is CN(C(=O)c1ccccc1)N(c1ccccc1)c1ccccc1. The molecule has 0 unspecified atom stereocenters. The Morgan fingerprint density at radius 1 is 0.652 bits per heavy atom. The molecule has 0 heterocycles. The van der Waals surface area contributed by atoms with E-state index in [1.807, 2.05) is 96.0 Å². The van der Waals surface area contributed by atoms with Crippen molar-refractivity contribution in [1.29, 1.82) is 0 Å². The number of nitrogens with zero attached hydrogens (tertiary/aromatic N) is 2. The number of hydrogen-bond acceptors (Lipinski definition) is 2. The van der Waals surface area contributed by atoms with E-state index in [-0.39, 0.29) is 5.91 Å². The van der Waals surface area contributed by atoms with Crippen LogP contribution < -0.4 is 5.01 Å². The zero-order chi connectivity index (χ0) is 16.1. The van der Waals surface area contributed by atoms with Crippen molar-refractivity contribution in [2.75, 3.05) is 12.1 Å². The van der Waals surface area contributed by atoms with Crippen LogP contribution in [-0.4, -0.2) is 18.0 Å². The molecule has 3 aromatic rings. The van der Waals surface area contributed by atoms with E-state index in [4.69, 9.17) is 0 Å². The molecule has 3 heteroatoms. The Morgan fingerprint density at radius 3 is 1.48 bits per heavy atom. The first-order valence-electron chi connectivity index (χ1n) is 7.50. The Bertz CT molecular complexity index is 718. The van der Waals surface area contributed by atoms with Crippen LogP contribution in [-0.2, 0) is 0 Å². The molecule has 0 aromatic heterocycles. The van der Waals surface area contributed by atoms with E-state index in [0.29, 0.717) is 5.56 Å². The van der Waals surface area contributed by atoms with Gasteiger partial charge in [0.1, 0.15) is 0 Å². The maximum Gasteiger partial charge on any atom is 0.272 e. The fraction of sp³-hybridized carbons (Fsp3) is 0.0500. The molecule has 1 amide bonds. The standard InChI is InChI=1S/C20H18N2O/c1-21(20(23)17-11-5-2-6-12-17)22(18-13-7-3-8-14-18)19-15-9-4-10-16-19/h2-16H,1H3. The lowest BCUT2D eigenvalue weighted by Crippen LogP contribution is -2.40. The van der Waals surface area contributed by atoms with Crippen LogP contribution in [0.15, 0.2) is 91.0 Å². The first-order valence-corrected chi connectivity index (χ1v) is 7.50. The van der Waals surface area contributed by atoms with Crippen molar-refractivity contribution < 1.29 is 4.79 Å². The van der Waals surface area contributed by atoms with Gasteiger partial charge in [-0.1, -0.05) is 54.6 Å². The molecular formula is C20H18N2O. The maximum absolute atomic E-state index is 12.8. The van der Waals surface area contributed by atoms with Crippen molar-refractivity contribution in [2.24, 2.45) is 0 Å². The molecule has 0 saturated carbocycles. The van der Waals surface area contributed by atoms with Crippen molar-refractivity contribution in [2.45, 2.75) is 0 Å². The summed E-state index contributed by atoms with van der Waals surface area (Å²) in [6, 6.07) is 29.0. The molecule has 114 valence electrons. The summed E-state index contributed by atoms with van der Waals surface area (Å²) in [6.07, 6.45) is 0. The van der Waals surface area contributed by atoms with Crippen LogP contribution in [0.1, 0.15) is 10.4 Å². The van der Waals surface area contributed by atoms with Crippen molar-refractivity contribution in [3.05, 3.63) is 96.6 Å². The summed E-state index contributed by atoms with van der Waals surface area (Å²) in [5.74, 6) is -0.0571. The monoisotopic (exact) mass is 302 g/mol. The van der Waals surface area contributed by atoms with Crippen LogP contribution in [0.3, 0.4) is 0 Å². The van der Waals surface area contributed by atoms with Gasteiger partial charge in [-0.25, -0.2) is 5.01 Å². The molecular weight excluding hydrogens is 284 g/mol. The van der Waals surface area contributed by atoms with Crippen molar-refractivity contribution in [3.63, 3.8) is 0 Å². The van der Waals surface area contributed by atoms with Crippen LogP contribution in [0.5, 0.6) is 0 Å². The first kappa shape index (κ1) is 14.9. The summed E-state index contributed by atoms with van der Waals surface area (Å²) in [6.45, 7) is 0. The Kier molecular flexibility index (Phi) is 4.39. The lowest BCUT2D eigenvalue weighted by Gasteiger charge is -2.34. The van der Waals surface area contributed by atoms with E-state index in [1.165, 1.54) is 0 Å².